The summed E-state index contributed by atoms with van der Waals surface area (Å²) in [5, 5.41) is 3.42. The van der Waals surface area contributed by atoms with E-state index in [2.05, 4.69) is 41.7 Å². The zero-order valence-corrected chi connectivity index (χ0v) is 11.7. The van der Waals surface area contributed by atoms with Gasteiger partial charge in [0.25, 0.3) is 0 Å². The highest BCUT2D eigenvalue weighted by Gasteiger charge is 2.21. The Morgan fingerprint density at radius 2 is 2.00 bits per heavy atom. The Morgan fingerprint density at radius 3 is 2.61 bits per heavy atom. The first-order valence-corrected chi connectivity index (χ1v) is 6.91. The lowest BCUT2D eigenvalue weighted by Crippen LogP contribution is -2.44. The lowest BCUT2D eigenvalue weighted by Gasteiger charge is -2.37. The number of nitrogens with zero attached hydrogens (tertiary/aromatic N) is 2. The minimum absolute atomic E-state index is 0.962. The van der Waals surface area contributed by atoms with Gasteiger partial charge in [-0.1, -0.05) is 18.7 Å². The van der Waals surface area contributed by atoms with Crippen molar-refractivity contribution >= 4 is 0 Å². The summed E-state index contributed by atoms with van der Waals surface area (Å²) in [4.78, 5) is 4.93. The fourth-order valence-corrected chi connectivity index (χ4v) is 2.79. The fraction of sp³-hybridized carbons (Fsp3) is 0.600. The lowest BCUT2D eigenvalue weighted by molar-refractivity contribution is 0.187. The number of allylic oxidation sites excluding steroid dienone is 2. The van der Waals surface area contributed by atoms with Crippen LogP contribution < -0.4 is 5.32 Å². The van der Waals surface area contributed by atoms with Crippen LogP contribution in [-0.2, 0) is 0 Å². The van der Waals surface area contributed by atoms with Crippen molar-refractivity contribution in [3.63, 3.8) is 0 Å². The average molecular weight is 247 g/mol. The number of rotatable bonds is 3. The van der Waals surface area contributed by atoms with Crippen molar-refractivity contribution in [2.24, 2.45) is 0 Å². The van der Waals surface area contributed by atoms with Gasteiger partial charge in [0.15, 0.2) is 0 Å². The summed E-state index contributed by atoms with van der Waals surface area (Å²) in [6.07, 6.45) is 5.41. The first-order chi connectivity index (χ1) is 8.76. The molecule has 0 amide bonds. The fourth-order valence-electron chi connectivity index (χ4n) is 2.79. The van der Waals surface area contributed by atoms with Crippen LogP contribution in [0, 0.1) is 0 Å². The molecule has 0 bridgehead atoms. The Hall–Kier alpha value is -1.06. The lowest BCUT2D eigenvalue weighted by atomic mass is 9.97. The maximum Gasteiger partial charge on any atom is 0.0360 e. The van der Waals surface area contributed by atoms with Gasteiger partial charge in [0.05, 0.1) is 0 Å². The number of likely N-dealkylation sites (N-methyl/N-ethyl adjacent to an activating group) is 1. The molecule has 2 rings (SSSR count). The van der Waals surface area contributed by atoms with Gasteiger partial charge in [-0.25, -0.2) is 0 Å². The Labute approximate surface area is 111 Å². The molecule has 3 heteroatoms. The molecule has 0 atom stereocenters. The standard InChI is InChI=1S/C15H25N3/c1-4-13-12-16-7-6-14(13)15(5-2)18-10-8-17(3)9-11-18/h4-5,16H,1,6-12H2,2-3H3/b15-5+. The third-order valence-electron chi connectivity index (χ3n) is 3.93. The van der Waals surface area contributed by atoms with Crippen LogP contribution in [0.1, 0.15) is 13.3 Å². The highest BCUT2D eigenvalue weighted by Crippen LogP contribution is 2.25. The third-order valence-corrected chi connectivity index (χ3v) is 3.93. The van der Waals surface area contributed by atoms with Crippen molar-refractivity contribution < 1.29 is 0 Å². The Kier molecular flexibility index (Phi) is 4.61. The molecule has 2 aliphatic heterocycles. The second-order valence-electron chi connectivity index (χ2n) is 5.10. The molecule has 3 nitrogen and oxygen atoms in total. The SMILES string of the molecule is C=CC1=C(/C(=C\C)N2CCN(C)CC2)CCNC1. The summed E-state index contributed by atoms with van der Waals surface area (Å²) in [6, 6.07) is 0. The molecule has 2 heterocycles. The topological polar surface area (TPSA) is 18.5 Å². The van der Waals surface area contributed by atoms with Gasteiger partial charge < -0.3 is 15.1 Å². The smallest absolute Gasteiger partial charge is 0.0360 e. The van der Waals surface area contributed by atoms with Crippen LogP contribution in [0.25, 0.3) is 0 Å². The van der Waals surface area contributed by atoms with Crippen LogP contribution in [0.4, 0.5) is 0 Å². The van der Waals surface area contributed by atoms with E-state index in [1.54, 1.807) is 0 Å². The molecule has 100 valence electrons. The summed E-state index contributed by atoms with van der Waals surface area (Å²) in [5.74, 6) is 0. The van der Waals surface area contributed by atoms with Crippen molar-refractivity contribution in [2.75, 3.05) is 46.3 Å². The highest BCUT2D eigenvalue weighted by molar-refractivity contribution is 5.41. The first kappa shape index (κ1) is 13.4. The Balaban J connectivity index is 2.18. The van der Waals surface area contributed by atoms with Gasteiger partial charge in [0.1, 0.15) is 0 Å². The van der Waals surface area contributed by atoms with Crippen LogP contribution >= 0.6 is 0 Å². The van der Waals surface area contributed by atoms with Crippen LogP contribution in [-0.4, -0.2) is 56.1 Å². The molecular formula is C15H25N3. The number of hydrogen-bond acceptors (Lipinski definition) is 3. The van der Waals surface area contributed by atoms with Gasteiger partial charge in [-0.15, -0.1) is 0 Å². The molecule has 0 spiro atoms. The van der Waals surface area contributed by atoms with Gasteiger partial charge >= 0.3 is 0 Å². The molecule has 0 aromatic heterocycles. The zero-order chi connectivity index (χ0) is 13.0. The third kappa shape index (κ3) is 2.85. The molecule has 1 saturated heterocycles. The van der Waals surface area contributed by atoms with E-state index < -0.39 is 0 Å². The largest absolute Gasteiger partial charge is 0.369 e. The van der Waals surface area contributed by atoms with Crippen molar-refractivity contribution in [3.8, 4) is 0 Å². The zero-order valence-electron chi connectivity index (χ0n) is 11.7. The van der Waals surface area contributed by atoms with Gasteiger partial charge in [-0.3, -0.25) is 0 Å². The number of piperazine rings is 1. The van der Waals surface area contributed by atoms with Gasteiger partial charge in [0.2, 0.25) is 0 Å². The van der Waals surface area contributed by atoms with E-state index in [-0.39, 0.29) is 0 Å². The van der Waals surface area contributed by atoms with Crippen LogP contribution in [0.2, 0.25) is 0 Å². The van der Waals surface area contributed by atoms with Crippen molar-refractivity contribution in [2.45, 2.75) is 13.3 Å². The van der Waals surface area contributed by atoms with Crippen molar-refractivity contribution in [3.05, 3.63) is 35.6 Å². The van der Waals surface area contributed by atoms with E-state index >= 15 is 0 Å². The average Bonchev–Trinajstić information content (AvgIpc) is 2.42. The molecule has 0 aliphatic carbocycles. The van der Waals surface area contributed by atoms with Crippen molar-refractivity contribution in [1.82, 2.24) is 15.1 Å². The second kappa shape index (κ2) is 6.21. The summed E-state index contributed by atoms with van der Waals surface area (Å²) in [5.41, 5.74) is 4.29. The predicted molar refractivity (Wildman–Crippen MR) is 77.5 cm³/mol. The van der Waals surface area contributed by atoms with E-state index in [0.717, 1.165) is 45.7 Å². The summed E-state index contributed by atoms with van der Waals surface area (Å²) < 4.78 is 0. The molecule has 1 fully saturated rings. The van der Waals surface area contributed by atoms with Crippen LogP contribution in [0.3, 0.4) is 0 Å². The first-order valence-electron chi connectivity index (χ1n) is 6.91. The van der Waals surface area contributed by atoms with E-state index in [0.29, 0.717) is 0 Å². The molecule has 18 heavy (non-hydrogen) atoms. The van der Waals surface area contributed by atoms with Crippen molar-refractivity contribution in [1.29, 1.82) is 0 Å². The van der Waals surface area contributed by atoms with Crippen LogP contribution in [0.15, 0.2) is 35.6 Å². The van der Waals surface area contributed by atoms with Gasteiger partial charge in [-0.05, 0) is 38.1 Å². The summed E-state index contributed by atoms with van der Waals surface area (Å²) >= 11 is 0. The van der Waals surface area contributed by atoms with E-state index in [4.69, 9.17) is 0 Å². The quantitative estimate of drug-likeness (QED) is 0.817. The molecule has 0 unspecified atom stereocenters. The van der Waals surface area contributed by atoms with E-state index in [1.165, 1.54) is 16.8 Å². The monoisotopic (exact) mass is 247 g/mol. The van der Waals surface area contributed by atoms with Gasteiger partial charge in [0, 0.05) is 38.4 Å². The molecule has 0 saturated carbocycles. The molecule has 0 aromatic carbocycles. The maximum absolute atomic E-state index is 3.96. The Morgan fingerprint density at radius 1 is 1.28 bits per heavy atom. The van der Waals surface area contributed by atoms with E-state index in [1.807, 2.05) is 6.08 Å². The number of hydrogen-bond donors (Lipinski definition) is 1. The minimum atomic E-state index is 0.962. The van der Waals surface area contributed by atoms with E-state index in [9.17, 15) is 0 Å². The molecule has 1 N–H and O–H groups in total. The molecule has 0 aromatic rings. The second-order valence-corrected chi connectivity index (χ2v) is 5.10. The summed E-state index contributed by atoms with van der Waals surface area (Å²) in [6.45, 7) is 12.7. The highest BCUT2D eigenvalue weighted by atomic mass is 15.3. The Bertz CT molecular complexity index is 360. The predicted octanol–water partition coefficient (Wildman–Crippen LogP) is 1.61. The maximum atomic E-state index is 3.96. The molecule has 2 aliphatic rings. The van der Waals surface area contributed by atoms with Crippen LogP contribution in [0.5, 0.6) is 0 Å². The van der Waals surface area contributed by atoms with Gasteiger partial charge in [-0.2, -0.15) is 0 Å². The molecule has 0 radical (unpaired) electrons. The normalized spacial score (nSPS) is 23.4. The molecular weight excluding hydrogens is 222 g/mol. The number of nitrogens with one attached hydrogen (secondary N) is 1. The minimum Gasteiger partial charge on any atom is -0.369 e. The summed E-state index contributed by atoms with van der Waals surface area (Å²) in [7, 11) is 2.20.